The number of imidazole rings is 1. The number of aromatic amines is 1. The number of carboxylic acid groups (broad SMARTS) is 1. The minimum atomic E-state index is -1.07. The average molecular weight is 266 g/mol. The number of nitrogens with two attached hydrogens (primary N) is 1. The predicted molar refractivity (Wildman–Crippen MR) is 68.3 cm³/mol. The molecule has 0 fully saturated rings. The molecule has 2 rings (SSSR count). The van der Waals surface area contributed by atoms with Crippen molar-refractivity contribution in [2.24, 2.45) is 5.73 Å². The zero-order chi connectivity index (χ0) is 13.1. The van der Waals surface area contributed by atoms with Gasteiger partial charge in [-0.05, 0) is 0 Å². The van der Waals surface area contributed by atoms with Gasteiger partial charge in [0.25, 0.3) is 0 Å². The molecule has 0 saturated heterocycles. The van der Waals surface area contributed by atoms with Gasteiger partial charge in [-0.3, -0.25) is 4.79 Å². The van der Waals surface area contributed by atoms with E-state index >= 15 is 0 Å². The summed E-state index contributed by atoms with van der Waals surface area (Å²) in [6.45, 7) is 0. The van der Waals surface area contributed by atoms with Gasteiger partial charge in [-0.1, -0.05) is 41.9 Å². The standard InChI is InChI=1S/C12H12ClN3O2/c13-10-9(6-8(14)12(17)18)15-11(16-10)7-4-2-1-3-5-7/h1-5,8H,6,14H2,(H,15,16)(H,17,18). The van der Waals surface area contributed by atoms with Crippen LogP contribution in [0.2, 0.25) is 5.15 Å². The highest BCUT2D eigenvalue weighted by Crippen LogP contribution is 2.21. The minimum Gasteiger partial charge on any atom is -0.480 e. The van der Waals surface area contributed by atoms with Gasteiger partial charge in [-0.15, -0.1) is 0 Å². The molecule has 1 aromatic heterocycles. The Morgan fingerprint density at radius 2 is 2.11 bits per heavy atom. The summed E-state index contributed by atoms with van der Waals surface area (Å²) < 4.78 is 0. The molecule has 6 heteroatoms. The van der Waals surface area contributed by atoms with Crippen molar-refractivity contribution in [1.82, 2.24) is 9.97 Å². The van der Waals surface area contributed by atoms with Crippen molar-refractivity contribution in [3.8, 4) is 11.4 Å². The first kappa shape index (κ1) is 12.6. The maximum Gasteiger partial charge on any atom is 0.320 e. The molecular formula is C12H12ClN3O2. The molecule has 1 aromatic carbocycles. The van der Waals surface area contributed by atoms with E-state index in [-0.39, 0.29) is 11.6 Å². The van der Waals surface area contributed by atoms with Crippen molar-refractivity contribution >= 4 is 17.6 Å². The maximum absolute atomic E-state index is 10.7. The van der Waals surface area contributed by atoms with Crippen LogP contribution in [0.4, 0.5) is 0 Å². The smallest absolute Gasteiger partial charge is 0.320 e. The Morgan fingerprint density at radius 1 is 1.44 bits per heavy atom. The number of carboxylic acids is 1. The number of hydrogen-bond acceptors (Lipinski definition) is 3. The molecule has 1 unspecified atom stereocenters. The summed E-state index contributed by atoms with van der Waals surface area (Å²) in [6, 6.07) is 8.44. The molecule has 0 radical (unpaired) electrons. The normalized spacial score (nSPS) is 12.3. The Labute approximate surface area is 109 Å². The molecule has 18 heavy (non-hydrogen) atoms. The van der Waals surface area contributed by atoms with Crippen molar-refractivity contribution in [3.05, 3.63) is 41.2 Å². The second kappa shape index (κ2) is 5.20. The highest BCUT2D eigenvalue weighted by atomic mass is 35.5. The molecule has 2 aromatic rings. The van der Waals surface area contributed by atoms with E-state index < -0.39 is 12.0 Å². The van der Waals surface area contributed by atoms with Crippen LogP contribution < -0.4 is 5.73 Å². The first-order valence-electron chi connectivity index (χ1n) is 5.36. The van der Waals surface area contributed by atoms with Crippen LogP contribution in [0, 0.1) is 0 Å². The molecule has 0 amide bonds. The SMILES string of the molecule is NC(Cc1[nH]c(-c2ccccc2)nc1Cl)C(=O)O. The van der Waals surface area contributed by atoms with Crippen molar-refractivity contribution in [3.63, 3.8) is 0 Å². The minimum absolute atomic E-state index is 0.119. The van der Waals surface area contributed by atoms with Crippen LogP contribution in [-0.2, 0) is 11.2 Å². The van der Waals surface area contributed by atoms with Crippen molar-refractivity contribution in [2.75, 3.05) is 0 Å². The third-order valence-corrected chi connectivity index (χ3v) is 2.83. The van der Waals surface area contributed by atoms with Crippen LogP contribution >= 0.6 is 11.6 Å². The van der Waals surface area contributed by atoms with Gasteiger partial charge in [0.2, 0.25) is 0 Å². The zero-order valence-corrected chi connectivity index (χ0v) is 10.2. The Bertz CT molecular complexity index is 554. The molecule has 0 spiro atoms. The summed E-state index contributed by atoms with van der Waals surface area (Å²) in [7, 11) is 0. The fourth-order valence-electron chi connectivity index (χ4n) is 1.56. The van der Waals surface area contributed by atoms with Crippen LogP contribution in [0.3, 0.4) is 0 Å². The lowest BCUT2D eigenvalue weighted by Gasteiger charge is -2.03. The molecular weight excluding hydrogens is 254 g/mol. The summed E-state index contributed by atoms with van der Waals surface area (Å²) in [4.78, 5) is 17.8. The van der Waals surface area contributed by atoms with Gasteiger partial charge < -0.3 is 15.8 Å². The van der Waals surface area contributed by atoms with E-state index in [4.69, 9.17) is 22.4 Å². The van der Waals surface area contributed by atoms with Crippen molar-refractivity contribution in [1.29, 1.82) is 0 Å². The number of nitrogens with one attached hydrogen (secondary N) is 1. The monoisotopic (exact) mass is 265 g/mol. The molecule has 94 valence electrons. The van der Waals surface area contributed by atoms with Crippen molar-refractivity contribution in [2.45, 2.75) is 12.5 Å². The summed E-state index contributed by atoms with van der Waals surface area (Å²) in [5.74, 6) is -0.463. The van der Waals surface area contributed by atoms with E-state index in [0.29, 0.717) is 11.5 Å². The fourth-order valence-corrected chi connectivity index (χ4v) is 1.77. The Morgan fingerprint density at radius 3 is 2.72 bits per heavy atom. The van der Waals surface area contributed by atoms with Crippen molar-refractivity contribution < 1.29 is 9.90 Å². The van der Waals surface area contributed by atoms with E-state index in [2.05, 4.69) is 9.97 Å². The summed E-state index contributed by atoms with van der Waals surface area (Å²) >= 11 is 5.95. The Kier molecular flexibility index (Phi) is 3.64. The average Bonchev–Trinajstić information content (AvgIpc) is 2.72. The molecule has 0 aliphatic rings. The predicted octanol–water partition coefficient (Wildman–Crippen LogP) is 1.68. The van der Waals surface area contributed by atoms with E-state index in [1.807, 2.05) is 30.3 Å². The van der Waals surface area contributed by atoms with Gasteiger partial charge in [0.1, 0.15) is 11.9 Å². The number of H-pyrrole nitrogens is 1. The van der Waals surface area contributed by atoms with E-state index in [1.54, 1.807) is 0 Å². The fraction of sp³-hybridized carbons (Fsp3) is 0.167. The molecule has 4 N–H and O–H groups in total. The zero-order valence-electron chi connectivity index (χ0n) is 9.43. The van der Waals surface area contributed by atoms with Gasteiger partial charge >= 0.3 is 5.97 Å². The molecule has 1 heterocycles. The van der Waals surface area contributed by atoms with Gasteiger partial charge in [0, 0.05) is 12.0 Å². The number of rotatable bonds is 4. The lowest BCUT2D eigenvalue weighted by Crippen LogP contribution is -2.32. The third-order valence-electron chi connectivity index (χ3n) is 2.52. The number of benzene rings is 1. The second-order valence-corrected chi connectivity index (χ2v) is 4.23. The van der Waals surface area contributed by atoms with Gasteiger partial charge in [0.05, 0.1) is 5.69 Å². The molecule has 0 aliphatic heterocycles. The third kappa shape index (κ3) is 2.69. The van der Waals surface area contributed by atoms with Gasteiger partial charge in [0.15, 0.2) is 5.15 Å². The molecule has 0 aliphatic carbocycles. The first-order chi connectivity index (χ1) is 8.58. The quantitative estimate of drug-likeness (QED) is 0.784. The lowest BCUT2D eigenvalue weighted by atomic mass is 10.2. The number of aromatic nitrogens is 2. The Hall–Kier alpha value is -1.85. The van der Waals surface area contributed by atoms with Crippen LogP contribution in [0.25, 0.3) is 11.4 Å². The van der Waals surface area contributed by atoms with Gasteiger partial charge in [-0.25, -0.2) is 4.98 Å². The molecule has 0 bridgehead atoms. The Balaban J connectivity index is 2.25. The lowest BCUT2D eigenvalue weighted by molar-refractivity contribution is -0.138. The number of halogens is 1. The van der Waals surface area contributed by atoms with Gasteiger partial charge in [-0.2, -0.15) is 0 Å². The van der Waals surface area contributed by atoms with Crippen LogP contribution in [0.5, 0.6) is 0 Å². The van der Waals surface area contributed by atoms with Crippen LogP contribution in [-0.4, -0.2) is 27.1 Å². The van der Waals surface area contributed by atoms with E-state index in [9.17, 15) is 4.79 Å². The topological polar surface area (TPSA) is 92.0 Å². The summed E-state index contributed by atoms with van der Waals surface area (Å²) in [5.41, 5.74) is 6.88. The van der Waals surface area contributed by atoms with E-state index in [1.165, 1.54) is 0 Å². The molecule has 1 atom stereocenters. The van der Waals surface area contributed by atoms with Crippen LogP contribution in [0.1, 0.15) is 5.69 Å². The molecule has 5 nitrogen and oxygen atoms in total. The van der Waals surface area contributed by atoms with Crippen LogP contribution in [0.15, 0.2) is 30.3 Å². The summed E-state index contributed by atoms with van der Waals surface area (Å²) in [5, 5.41) is 9.01. The largest absolute Gasteiger partial charge is 0.480 e. The highest BCUT2D eigenvalue weighted by Gasteiger charge is 2.17. The first-order valence-corrected chi connectivity index (χ1v) is 5.74. The maximum atomic E-state index is 10.7. The second-order valence-electron chi connectivity index (χ2n) is 3.87. The number of nitrogens with zero attached hydrogens (tertiary/aromatic N) is 1. The van der Waals surface area contributed by atoms with E-state index in [0.717, 1.165) is 5.56 Å². The number of aliphatic carboxylic acids is 1. The summed E-state index contributed by atoms with van der Waals surface area (Å²) in [6.07, 6.45) is 0.119. The number of hydrogen-bond donors (Lipinski definition) is 3. The highest BCUT2D eigenvalue weighted by molar-refractivity contribution is 6.30. The number of carbonyl (C=O) groups is 1. The molecule has 0 saturated carbocycles.